The van der Waals surface area contributed by atoms with Crippen molar-refractivity contribution in [3.05, 3.63) is 10.2 Å². The molecular formula is C19H42Sn2. The van der Waals surface area contributed by atoms with E-state index in [0.29, 0.717) is 5.41 Å². The Bertz CT molecular complexity index is 300. The first kappa shape index (κ1) is 22.3. The van der Waals surface area contributed by atoms with Crippen molar-refractivity contribution in [2.45, 2.75) is 92.9 Å². The molecule has 0 aliphatic heterocycles. The average Bonchev–Trinajstić information content (AvgIpc) is 2.45. The van der Waals surface area contributed by atoms with E-state index in [2.05, 4.69) is 62.3 Å². The van der Waals surface area contributed by atoms with Crippen molar-refractivity contribution in [2.24, 2.45) is 5.41 Å². The number of allylic oxidation sites excluding steroid dienone is 1. The molecular weight excluding hydrogens is 466 g/mol. The topological polar surface area (TPSA) is 0 Å². The molecule has 0 saturated carbocycles. The minimum absolute atomic E-state index is 0.427. The van der Waals surface area contributed by atoms with E-state index in [1.165, 1.54) is 26.6 Å². The molecule has 0 radical (unpaired) electrons. The Hall–Kier alpha value is 1.34. The van der Waals surface area contributed by atoms with E-state index < -0.39 is 36.8 Å². The van der Waals surface area contributed by atoms with Gasteiger partial charge in [-0.15, -0.1) is 0 Å². The van der Waals surface area contributed by atoms with Crippen LogP contribution in [0.25, 0.3) is 0 Å². The summed E-state index contributed by atoms with van der Waals surface area (Å²) in [7, 11) is 0. The van der Waals surface area contributed by atoms with Gasteiger partial charge in [-0.05, 0) is 0 Å². The molecule has 0 saturated heterocycles. The van der Waals surface area contributed by atoms with Crippen LogP contribution in [0.3, 0.4) is 0 Å². The van der Waals surface area contributed by atoms with Gasteiger partial charge in [-0.2, -0.15) is 0 Å². The first-order valence-electron chi connectivity index (χ1n) is 9.33. The molecule has 1 atom stereocenters. The van der Waals surface area contributed by atoms with E-state index in [1.807, 2.05) is 3.59 Å². The van der Waals surface area contributed by atoms with Crippen LogP contribution in [-0.4, -0.2) is 36.8 Å². The Kier molecular flexibility index (Phi) is 9.56. The predicted octanol–water partition coefficient (Wildman–Crippen LogP) is 7.52. The van der Waals surface area contributed by atoms with Crippen molar-refractivity contribution in [3.63, 3.8) is 0 Å². The predicted molar refractivity (Wildman–Crippen MR) is 107 cm³/mol. The Balaban J connectivity index is 6.02. The summed E-state index contributed by atoms with van der Waals surface area (Å²) in [6, 6.07) is 0. The van der Waals surface area contributed by atoms with Gasteiger partial charge >= 0.3 is 145 Å². The van der Waals surface area contributed by atoms with Gasteiger partial charge in [0.05, 0.1) is 0 Å². The zero-order valence-electron chi connectivity index (χ0n) is 16.5. The molecule has 0 aliphatic carbocycles. The van der Waals surface area contributed by atoms with Gasteiger partial charge in [0.2, 0.25) is 0 Å². The van der Waals surface area contributed by atoms with E-state index in [4.69, 9.17) is 6.58 Å². The summed E-state index contributed by atoms with van der Waals surface area (Å²) in [5.41, 5.74) is 0.427. The summed E-state index contributed by atoms with van der Waals surface area (Å²) in [5, 5.41) is 0. The molecule has 0 bridgehead atoms. The van der Waals surface area contributed by atoms with Gasteiger partial charge in [0.25, 0.3) is 0 Å². The number of rotatable bonds is 9. The van der Waals surface area contributed by atoms with Crippen molar-refractivity contribution >= 4 is 36.8 Å². The van der Waals surface area contributed by atoms with E-state index in [0.717, 1.165) is 3.93 Å². The van der Waals surface area contributed by atoms with Crippen molar-refractivity contribution in [2.75, 3.05) is 0 Å². The summed E-state index contributed by atoms with van der Waals surface area (Å²) < 4.78 is 11.6. The molecule has 0 heterocycles. The maximum atomic E-state index is 4.86. The quantitative estimate of drug-likeness (QED) is 0.283. The van der Waals surface area contributed by atoms with Gasteiger partial charge in [0.1, 0.15) is 0 Å². The van der Waals surface area contributed by atoms with Gasteiger partial charge in [-0.25, -0.2) is 0 Å². The second kappa shape index (κ2) is 8.99. The average molecular weight is 508 g/mol. The summed E-state index contributed by atoms with van der Waals surface area (Å²) in [6.07, 6.45) is 0. The fourth-order valence-corrected chi connectivity index (χ4v) is 42.9. The normalized spacial score (nSPS) is 15.1. The summed E-state index contributed by atoms with van der Waals surface area (Å²) >= 11 is -4.27. The molecule has 0 aliphatic rings. The Morgan fingerprint density at radius 3 is 1.29 bits per heavy atom. The van der Waals surface area contributed by atoms with Crippen LogP contribution in [0.5, 0.6) is 0 Å². The van der Waals surface area contributed by atoms with Gasteiger partial charge in [0, 0.05) is 0 Å². The van der Waals surface area contributed by atoms with Crippen LogP contribution in [0.4, 0.5) is 0 Å². The molecule has 0 spiro atoms. The Labute approximate surface area is 144 Å². The Morgan fingerprint density at radius 1 is 0.762 bits per heavy atom. The van der Waals surface area contributed by atoms with Crippen molar-refractivity contribution in [1.82, 2.24) is 0 Å². The van der Waals surface area contributed by atoms with E-state index in [-0.39, 0.29) is 0 Å². The molecule has 0 amide bonds. The van der Waals surface area contributed by atoms with Gasteiger partial charge in [-0.3, -0.25) is 0 Å². The molecule has 0 aromatic heterocycles. The minimum atomic E-state index is -2.15. The second-order valence-electron chi connectivity index (χ2n) is 8.09. The van der Waals surface area contributed by atoms with Crippen LogP contribution >= 0.6 is 0 Å². The molecule has 0 nitrogen and oxygen atoms in total. The molecule has 126 valence electrons. The van der Waals surface area contributed by atoms with Crippen LogP contribution in [0.15, 0.2) is 10.2 Å². The van der Waals surface area contributed by atoms with Gasteiger partial charge < -0.3 is 0 Å². The Morgan fingerprint density at radius 2 is 1.10 bits per heavy atom. The molecule has 0 rings (SSSR count). The third-order valence-electron chi connectivity index (χ3n) is 6.65. The maximum absolute atomic E-state index is 4.86. The first-order valence-corrected chi connectivity index (χ1v) is 24.5. The second-order valence-corrected chi connectivity index (χ2v) is 38.8. The van der Waals surface area contributed by atoms with Gasteiger partial charge in [0.15, 0.2) is 0 Å². The van der Waals surface area contributed by atoms with E-state index in [9.17, 15) is 0 Å². The number of hydrogen-bond acceptors (Lipinski definition) is 0. The zero-order chi connectivity index (χ0) is 16.9. The first-order chi connectivity index (χ1) is 9.64. The molecule has 0 aromatic rings. The standard InChI is InChI=1S/C7H12.6C2H5.2Sn/c1-5-6-7(2,3)4;6*1-2;;/h6H,1H2,2-4H3;6*1H2,2H3;;. The molecule has 1 unspecified atom stereocenters. The van der Waals surface area contributed by atoms with Crippen LogP contribution in [0.2, 0.25) is 30.6 Å². The summed E-state index contributed by atoms with van der Waals surface area (Å²) in [6.45, 7) is 27.3. The van der Waals surface area contributed by atoms with E-state index in [1.54, 1.807) is 0 Å². The summed E-state index contributed by atoms with van der Waals surface area (Å²) in [5.74, 6) is 0. The monoisotopic (exact) mass is 510 g/mol. The molecule has 0 N–H and O–H groups in total. The molecule has 0 fully saturated rings. The number of hydrogen-bond donors (Lipinski definition) is 0. The van der Waals surface area contributed by atoms with Crippen LogP contribution in [-0.2, 0) is 0 Å². The van der Waals surface area contributed by atoms with Crippen LogP contribution in [0.1, 0.15) is 62.3 Å². The SMILES string of the molecule is C=[C]([CH](C(C)(C)C)[Sn]([CH2]C)([CH2]C)[CH2]C)[Sn]([CH2]C)([CH2]C)[CH2]C. The van der Waals surface area contributed by atoms with Crippen molar-refractivity contribution in [3.8, 4) is 0 Å². The van der Waals surface area contributed by atoms with E-state index >= 15 is 0 Å². The fourth-order valence-electron chi connectivity index (χ4n) is 4.91. The van der Waals surface area contributed by atoms with Crippen molar-refractivity contribution in [1.29, 1.82) is 0 Å². The van der Waals surface area contributed by atoms with Crippen LogP contribution < -0.4 is 0 Å². The zero-order valence-corrected chi connectivity index (χ0v) is 22.2. The third kappa shape index (κ3) is 4.67. The molecule has 2 heteroatoms. The third-order valence-corrected chi connectivity index (χ3v) is 44.3. The summed E-state index contributed by atoms with van der Waals surface area (Å²) in [4.78, 5) is 0. The fraction of sp³-hybridized carbons (Fsp3) is 0.895. The van der Waals surface area contributed by atoms with Crippen molar-refractivity contribution < 1.29 is 0 Å². The van der Waals surface area contributed by atoms with Crippen LogP contribution in [0, 0.1) is 5.41 Å². The van der Waals surface area contributed by atoms with Gasteiger partial charge in [-0.1, -0.05) is 0 Å². The molecule has 0 aromatic carbocycles. The molecule has 21 heavy (non-hydrogen) atoms.